The number of hydrogen-bond acceptors (Lipinski definition) is 3. The van der Waals surface area contributed by atoms with Crippen molar-refractivity contribution in [3.8, 4) is 0 Å². The van der Waals surface area contributed by atoms with E-state index in [-0.39, 0.29) is 0 Å². The van der Waals surface area contributed by atoms with Crippen LogP contribution in [0.4, 0.5) is 0 Å². The van der Waals surface area contributed by atoms with Crippen LogP contribution in [0, 0.1) is 0 Å². The fourth-order valence-electron chi connectivity index (χ4n) is 2.54. The molecule has 0 saturated carbocycles. The molecular formula is C16H25N3S. The van der Waals surface area contributed by atoms with E-state index >= 15 is 0 Å². The van der Waals surface area contributed by atoms with Gasteiger partial charge < -0.3 is 9.88 Å². The molecule has 2 rings (SSSR count). The molecule has 0 aliphatic carbocycles. The van der Waals surface area contributed by atoms with Gasteiger partial charge in [0, 0.05) is 6.54 Å². The summed E-state index contributed by atoms with van der Waals surface area (Å²) in [5.41, 5.74) is 3.62. The van der Waals surface area contributed by atoms with Gasteiger partial charge in [0.25, 0.3) is 0 Å². The lowest BCUT2D eigenvalue weighted by atomic mass is 10.1. The third-order valence-corrected chi connectivity index (χ3v) is 4.09. The zero-order valence-electron chi connectivity index (χ0n) is 12.8. The Hall–Kier alpha value is -1.00. The summed E-state index contributed by atoms with van der Waals surface area (Å²) in [6.45, 7) is 8.07. The van der Waals surface area contributed by atoms with Crippen molar-refractivity contribution in [1.82, 2.24) is 14.9 Å². The molecule has 1 N–H and O–H groups in total. The van der Waals surface area contributed by atoms with Crippen LogP contribution in [0.25, 0.3) is 11.0 Å². The Morgan fingerprint density at radius 3 is 2.55 bits per heavy atom. The molecule has 0 aliphatic heterocycles. The molecular weight excluding hydrogens is 266 g/mol. The molecule has 20 heavy (non-hydrogen) atoms. The predicted octanol–water partition coefficient (Wildman–Crippen LogP) is 3.95. The second-order valence-electron chi connectivity index (χ2n) is 5.19. The van der Waals surface area contributed by atoms with E-state index < -0.39 is 0 Å². The van der Waals surface area contributed by atoms with Gasteiger partial charge in [0.1, 0.15) is 0 Å². The third kappa shape index (κ3) is 4.00. The van der Waals surface area contributed by atoms with Crippen LogP contribution in [0.3, 0.4) is 0 Å². The van der Waals surface area contributed by atoms with Crippen LogP contribution in [-0.2, 0) is 6.42 Å². The summed E-state index contributed by atoms with van der Waals surface area (Å²) in [4.78, 5) is 10.4. The van der Waals surface area contributed by atoms with Crippen molar-refractivity contribution in [3.63, 3.8) is 0 Å². The summed E-state index contributed by atoms with van der Waals surface area (Å²) in [5, 5.41) is 0.996. The summed E-state index contributed by atoms with van der Waals surface area (Å²) in [6, 6.07) is 6.59. The number of H-pyrrole nitrogens is 1. The summed E-state index contributed by atoms with van der Waals surface area (Å²) in [6.07, 6.45) is 5.63. The Labute approximate surface area is 126 Å². The number of aromatic amines is 1. The summed E-state index contributed by atoms with van der Waals surface area (Å²) in [5.74, 6) is 0. The first-order chi connectivity index (χ1) is 9.76. The van der Waals surface area contributed by atoms with Gasteiger partial charge in [-0.05, 0) is 56.3 Å². The van der Waals surface area contributed by atoms with E-state index in [0.29, 0.717) is 0 Å². The maximum Gasteiger partial charge on any atom is 0.166 e. The third-order valence-electron chi connectivity index (χ3n) is 3.51. The summed E-state index contributed by atoms with van der Waals surface area (Å²) < 4.78 is 0. The predicted molar refractivity (Wildman–Crippen MR) is 88.6 cm³/mol. The lowest BCUT2D eigenvalue weighted by Crippen LogP contribution is -2.27. The van der Waals surface area contributed by atoms with Gasteiger partial charge in [-0.25, -0.2) is 4.98 Å². The smallest absolute Gasteiger partial charge is 0.166 e. The molecule has 1 heterocycles. The van der Waals surface area contributed by atoms with Crippen molar-refractivity contribution in [2.75, 3.05) is 25.9 Å². The Morgan fingerprint density at radius 2 is 1.90 bits per heavy atom. The zero-order valence-corrected chi connectivity index (χ0v) is 13.6. The van der Waals surface area contributed by atoms with Crippen molar-refractivity contribution in [2.24, 2.45) is 0 Å². The van der Waals surface area contributed by atoms with Crippen LogP contribution in [0.1, 0.15) is 32.3 Å². The molecule has 0 amide bonds. The van der Waals surface area contributed by atoms with E-state index in [2.05, 4.69) is 46.9 Å². The lowest BCUT2D eigenvalue weighted by molar-refractivity contribution is 0.278. The average molecular weight is 291 g/mol. The highest BCUT2D eigenvalue weighted by Crippen LogP contribution is 2.19. The van der Waals surface area contributed by atoms with E-state index in [1.165, 1.54) is 31.5 Å². The number of rotatable bonds is 8. The van der Waals surface area contributed by atoms with Gasteiger partial charge >= 0.3 is 0 Å². The molecule has 0 radical (unpaired) electrons. The molecule has 1 aromatic carbocycles. The molecule has 1 aromatic heterocycles. The molecule has 0 saturated heterocycles. The fourth-order valence-corrected chi connectivity index (χ4v) is 2.94. The first-order valence-corrected chi connectivity index (χ1v) is 8.74. The fraction of sp³-hybridized carbons (Fsp3) is 0.562. The van der Waals surface area contributed by atoms with Gasteiger partial charge in [-0.3, -0.25) is 0 Å². The number of hydrogen-bond donors (Lipinski definition) is 1. The zero-order chi connectivity index (χ0) is 14.4. The second kappa shape index (κ2) is 7.70. The molecule has 4 heteroatoms. The van der Waals surface area contributed by atoms with E-state index in [9.17, 15) is 0 Å². The number of imidazole rings is 1. The molecule has 0 aliphatic rings. The van der Waals surface area contributed by atoms with Crippen LogP contribution in [0.5, 0.6) is 0 Å². The first kappa shape index (κ1) is 15.4. The molecule has 2 aromatic rings. The van der Waals surface area contributed by atoms with Crippen molar-refractivity contribution in [1.29, 1.82) is 0 Å². The maximum atomic E-state index is 4.52. The van der Waals surface area contributed by atoms with Crippen LogP contribution in [-0.4, -0.2) is 40.8 Å². The highest BCUT2D eigenvalue weighted by Gasteiger charge is 2.05. The summed E-state index contributed by atoms with van der Waals surface area (Å²) in [7, 11) is 0. The van der Waals surface area contributed by atoms with Gasteiger partial charge in [0.05, 0.1) is 11.0 Å². The number of nitrogens with one attached hydrogen (secondary N) is 1. The number of nitrogens with zero attached hydrogens (tertiary/aromatic N) is 2. The van der Waals surface area contributed by atoms with Crippen molar-refractivity contribution in [3.05, 3.63) is 23.8 Å². The van der Waals surface area contributed by atoms with Gasteiger partial charge in [-0.15, -0.1) is 0 Å². The van der Waals surface area contributed by atoms with Crippen LogP contribution in [0.2, 0.25) is 0 Å². The Morgan fingerprint density at radius 1 is 1.15 bits per heavy atom. The quantitative estimate of drug-likeness (QED) is 0.747. The standard InChI is InChI=1S/C16H25N3S/c1-4-9-19(10-5-2)11-8-13-6-7-14-15(12-13)18-16(17-14)20-3/h6-7,12H,4-5,8-11H2,1-3H3,(H,17,18). The first-order valence-electron chi connectivity index (χ1n) is 7.51. The van der Waals surface area contributed by atoms with Gasteiger partial charge in [-0.2, -0.15) is 0 Å². The van der Waals surface area contributed by atoms with Crippen LogP contribution < -0.4 is 0 Å². The largest absolute Gasteiger partial charge is 0.333 e. The molecule has 0 fully saturated rings. The second-order valence-corrected chi connectivity index (χ2v) is 5.98. The topological polar surface area (TPSA) is 31.9 Å². The van der Waals surface area contributed by atoms with E-state index in [0.717, 1.165) is 29.2 Å². The van der Waals surface area contributed by atoms with Gasteiger partial charge in [-0.1, -0.05) is 31.7 Å². The average Bonchev–Trinajstić information content (AvgIpc) is 2.87. The maximum absolute atomic E-state index is 4.52. The van der Waals surface area contributed by atoms with Crippen molar-refractivity contribution in [2.45, 2.75) is 38.3 Å². The van der Waals surface area contributed by atoms with E-state index in [4.69, 9.17) is 0 Å². The molecule has 0 unspecified atom stereocenters. The van der Waals surface area contributed by atoms with Gasteiger partial charge in [0.2, 0.25) is 0 Å². The molecule has 0 atom stereocenters. The minimum atomic E-state index is 0.996. The van der Waals surface area contributed by atoms with Crippen molar-refractivity contribution < 1.29 is 0 Å². The Bertz CT molecular complexity index is 530. The highest BCUT2D eigenvalue weighted by molar-refractivity contribution is 7.98. The van der Waals surface area contributed by atoms with Crippen LogP contribution >= 0.6 is 11.8 Å². The SMILES string of the molecule is CCCN(CCC)CCc1ccc2nc(SC)[nH]c2c1. The van der Waals surface area contributed by atoms with Crippen LogP contribution in [0.15, 0.2) is 23.4 Å². The number of thioether (sulfide) groups is 1. The molecule has 3 nitrogen and oxygen atoms in total. The number of benzene rings is 1. The van der Waals surface area contributed by atoms with Gasteiger partial charge in [0.15, 0.2) is 5.16 Å². The van der Waals surface area contributed by atoms with E-state index in [1.807, 2.05) is 6.26 Å². The number of aromatic nitrogens is 2. The molecule has 0 bridgehead atoms. The molecule has 110 valence electrons. The Balaban J connectivity index is 2.01. The summed E-state index contributed by atoms with van der Waals surface area (Å²) >= 11 is 1.66. The highest BCUT2D eigenvalue weighted by atomic mass is 32.2. The lowest BCUT2D eigenvalue weighted by Gasteiger charge is -2.20. The minimum absolute atomic E-state index is 0.996. The van der Waals surface area contributed by atoms with Crippen molar-refractivity contribution >= 4 is 22.8 Å². The normalized spacial score (nSPS) is 11.6. The molecule has 0 spiro atoms. The number of fused-ring (bicyclic) bond motifs is 1. The Kier molecular flexibility index (Phi) is 5.92. The van der Waals surface area contributed by atoms with E-state index in [1.54, 1.807) is 11.8 Å². The minimum Gasteiger partial charge on any atom is -0.333 e. The monoisotopic (exact) mass is 291 g/mol.